The lowest BCUT2D eigenvalue weighted by molar-refractivity contribution is -0.120. The molecule has 0 aliphatic heterocycles. The van der Waals surface area contributed by atoms with Crippen molar-refractivity contribution in [3.8, 4) is 0 Å². The Morgan fingerprint density at radius 3 is 1.79 bits per heavy atom. The van der Waals surface area contributed by atoms with Crippen molar-refractivity contribution in [2.45, 2.75) is 54.9 Å². The number of aryl methyl sites for hydroxylation is 3. The maximum Gasteiger partial charge on any atom is 0.141 e. The summed E-state index contributed by atoms with van der Waals surface area (Å²) in [6, 6.07) is 4.36. The lowest BCUT2D eigenvalue weighted by atomic mass is 9.93. The second kappa shape index (κ2) is 4.19. The van der Waals surface area contributed by atoms with E-state index in [9.17, 15) is 4.79 Å². The molecule has 104 valence electrons. The van der Waals surface area contributed by atoms with Crippen molar-refractivity contribution in [2.24, 2.45) is 16.7 Å². The number of hydrogen-bond donors (Lipinski definition) is 0. The lowest BCUT2D eigenvalue weighted by Gasteiger charge is -2.11. The molecule has 0 spiro atoms. The minimum absolute atomic E-state index is 0.149. The Morgan fingerprint density at radius 1 is 1.00 bits per heavy atom. The molecule has 1 fully saturated rings. The summed E-state index contributed by atoms with van der Waals surface area (Å²) in [5, 5.41) is 0. The van der Waals surface area contributed by atoms with E-state index in [2.05, 4.69) is 60.6 Å². The number of carbonyl (C=O) groups excluding carboxylic acids is 1. The van der Waals surface area contributed by atoms with Crippen molar-refractivity contribution in [1.82, 2.24) is 0 Å². The first kappa shape index (κ1) is 14.3. The molecule has 0 amide bonds. The lowest BCUT2D eigenvalue weighted by Crippen LogP contribution is -2.12. The van der Waals surface area contributed by atoms with Gasteiger partial charge in [0, 0.05) is 12.3 Å². The van der Waals surface area contributed by atoms with Gasteiger partial charge in [-0.25, -0.2) is 0 Å². The van der Waals surface area contributed by atoms with Gasteiger partial charge in [-0.2, -0.15) is 0 Å². The summed E-state index contributed by atoms with van der Waals surface area (Å²) in [5.74, 6) is 0.616. The van der Waals surface area contributed by atoms with E-state index in [-0.39, 0.29) is 16.7 Å². The molecule has 0 atom stereocenters. The second-order valence-corrected chi connectivity index (χ2v) is 7.40. The standard InChI is InChI=1S/C18H26O/c1-11-8-12(2)14(13(3)9-11)10-15(19)16-17(4,5)18(16,6)7/h8-9,16H,10H2,1-7H3. The van der Waals surface area contributed by atoms with Crippen LogP contribution in [0.2, 0.25) is 0 Å². The summed E-state index contributed by atoms with van der Waals surface area (Å²) in [6.45, 7) is 15.2. The highest BCUT2D eigenvalue weighted by molar-refractivity contribution is 5.88. The molecule has 1 aromatic rings. The fourth-order valence-corrected chi connectivity index (χ4v) is 3.77. The van der Waals surface area contributed by atoms with Crippen molar-refractivity contribution in [3.63, 3.8) is 0 Å². The van der Waals surface area contributed by atoms with Crippen LogP contribution in [0.3, 0.4) is 0 Å². The van der Waals surface area contributed by atoms with E-state index < -0.39 is 0 Å². The van der Waals surface area contributed by atoms with Crippen molar-refractivity contribution < 1.29 is 4.79 Å². The van der Waals surface area contributed by atoms with Gasteiger partial charge in [0.2, 0.25) is 0 Å². The molecule has 1 aliphatic carbocycles. The molecule has 1 nitrogen and oxygen atoms in total. The van der Waals surface area contributed by atoms with E-state index in [4.69, 9.17) is 0 Å². The molecule has 0 bridgehead atoms. The summed E-state index contributed by atoms with van der Waals surface area (Å²) in [7, 11) is 0. The molecule has 1 saturated carbocycles. The first-order valence-corrected chi connectivity index (χ1v) is 7.18. The van der Waals surface area contributed by atoms with Gasteiger partial charge in [-0.3, -0.25) is 4.79 Å². The third-order valence-corrected chi connectivity index (χ3v) is 5.53. The molecular formula is C18H26O. The van der Waals surface area contributed by atoms with Crippen molar-refractivity contribution >= 4 is 5.78 Å². The second-order valence-electron chi connectivity index (χ2n) is 7.40. The van der Waals surface area contributed by atoms with Gasteiger partial charge in [-0.15, -0.1) is 0 Å². The molecule has 0 N–H and O–H groups in total. The third-order valence-electron chi connectivity index (χ3n) is 5.53. The number of hydrogen-bond acceptors (Lipinski definition) is 1. The number of carbonyl (C=O) groups is 1. The smallest absolute Gasteiger partial charge is 0.141 e. The minimum Gasteiger partial charge on any atom is -0.299 e. The molecule has 0 heterocycles. The summed E-state index contributed by atoms with van der Waals surface area (Å²) < 4.78 is 0. The fraction of sp³-hybridized carbons (Fsp3) is 0.611. The fourth-order valence-electron chi connectivity index (χ4n) is 3.77. The van der Waals surface area contributed by atoms with Crippen LogP contribution in [0.1, 0.15) is 49.9 Å². The Bertz CT molecular complexity index is 498. The topological polar surface area (TPSA) is 17.1 Å². The molecule has 0 aromatic heterocycles. The van der Waals surface area contributed by atoms with Gasteiger partial charge in [-0.05, 0) is 48.3 Å². The van der Waals surface area contributed by atoms with E-state index in [0.29, 0.717) is 12.2 Å². The van der Waals surface area contributed by atoms with Gasteiger partial charge < -0.3 is 0 Å². The Labute approximate surface area is 117 Å². The van der Waals surface area contributed by atoms with Crippen LogP contribution >= 0.6 is 0 Å². The van der Waals surface area contributed by atoms with Crippen molar-refractivity contribution in [3.05, 3.63) is 34.4 Å². The Balaban J connectivity index is 2.23. The van der Waals surface area contributed by atoms with Crippen molar-refractivity contribution in [1.29, 1.82) is 0 Å². The maximum absolute atomic E-state index is 12.6. The predicted octanol–water partition coefficient (Wildman–Crippen LogP) is 4.41. The Hall–Kier alpha value is -1.11. The minimum atomic E-state index is 0.149. The highest BCUT2D eigenvalue weighted by Crippen LogP contribution is 2.68. The van der Waals surface area contributed by atoms with E-state index >= 15 is 0 Å². The average molecular weight is 258 g/mol. The van der Waals surface area contributed by atoms with Gasteiger partial charge in [0.05, 0.1) is 0 Å². The SMILES string of the molecule is Cc1cc(C)c(CC(=O)C2C(C)(C)C2(C)C)c(C)c1. The zero-order valence-electron chi connectivity index (χ0n) is 13.3. The van der Waals surface area contributed by atoms with E-state index in [1.165, 1.54) is 22.3 Å². The monoisotopic (exact) mass is 258 g/mol. The van der Waals surface area contributed by atoms with Crippen LogP contribution in [0.5, 0.6) is 0 Å². The molecule has 0 saturated heterocycles. The molecule has 0 unspecified atom stereocenters. The molecular weight excluding hydrogens is 232 g/mol. The van der Waals surface area contributed by atoms with Crippen LogP contribution in [-0.4, -0.2) is 5.78 Å². The first-order chi connectivity index (χ1) is 8.59. The Kier molecular flexibility index (Phi) is 3.16. The van der Waals surface area contributed by atoms with Gasteiger partial charge in [0.1, 0.15) is 5.78 Å². The summed E-state index contributed by atoms with van der Waals surface area (Å²) in [6.07, 6.45) is 0.593. The summed E-state index contributed by atoms with van der Waals surface area (Å²) >= 11 is 0. The van der Waals surface area contributed by atoms with Crippen LogP contribution in [0.25, 0.3) is 0 Å². The molecule has 19 heavy (non-hydrogen) atoms. The normalized spacial score (nSPS) is 20.4. The number of Topliss-reactive ketones (excluding diaryl/α,β-unsaturated/α-hetero) is 1. The van der Waals surface area contributed by atoms with E-state index in [0.717, 1.165) is 0 Å². The summed E-state index contributed by atoms with van der Waals surface area (Å²) in [5.41, 5.74) is 5.31. The van der Waals surface area contributed by atoms with Crippen LogP contribution in [0.15, 0.2) is 12.1 Å². The Morgan fingerprint density at radius 2 is 1.42 bits per heavy atom. The molecule has 1 heteroatoms. The quantitative estimate of drug-likeness (QED) is 0.785. The molecule has 2 rings (SSSR count). The van der Waals surface area contributed by atoms with Gasteiger partial charge in [-0.1, -0.05) is 45.4 Å². The number of rotatable bonds is 3. The zero-order valence-corrected chi connectivity index (χ0v) is 13.3. The zero-order chi connectivity index (χ0) is 14.6. The van der Waals surface area contributed by atoms with E-state index in [1.54, 1.807) is 0 Å². The predicted molar refractivity (Wildman–Crippen MR) is 80.4 cm³/mol. The highest BCUT2D eigenvalue weighted by atomic mass is 16.1. The van der Waals surface area contributed by atoms with Crippen LogP contribution < -0.4 is 0 Å². The van der Waals surface area contributed by atoms with Crippen LogP contribution in [0, 0.1) is 37.5 Å². The summed E-state index contributed by atoms with van der Waals surface area (Å²) in [4.78, 5) is 12.6. The first-order valence-electron chi connectivity index (χ1n) is 7.18. The maximum atomic E-state index is 12.6. The van der Waals surface area contributed by atoms with E-state index in [1.807, 2.05) is 0 Å². The molecule has 0 radical (unpaired) electrons. The third kappa shape index (κ3) is 2.13. The number of benzene rings is 1. The van der Waals surface area contributed by atoms with Crippen LogP contribution in [-0.2, 0) is 11.2 Å². The van der Waals surface area contributed by atoms with Crippen molar-refractivity contribution in [2.75, 3.05) is 0 Å². The van der Waals surface area contributed by atoms with Crippen LogP contribution in [0.4, 0.5) is 0 Å². The van der Waals surface area contributed by atoms with Gasteiger partial charge in [0.15, 0.2) is 0 Å². The largest absolute Gasteiger partial charge is 0.299 e. The molecule has 1 aliphatic rings. The average Bonchev–Trinajstić information content (AvgIpc) is 2.63. The van der Waals surface area contributed by atoms with Gasteiger partial charge >= 0.3 is 0 Å². The number of ketones is 1. The molecule has 1 aromatic carbocycles. The van der Waals surface area contributed by atoms with Gasteiger partial charge in [0.25, 0.3) is 0 Å². The highest BCUT2D eigenvalue weighted by Gasteiger charge is 2.67.